The van der Waals surface area contributed by atoms with Crippen molar-refractivity contribution >= 4 is 26.8 Å². The minimum absolute atomic E-state index is 0.338. The van der Waals surface area contributed by atoms with E-state index in [1.165, 1.54) is 0 Å². The summed E-state index contributed by atoms with van der Waals surface area (Å²) < 4.78 is 14.7. The Kier molecular flexibility index (Phi) is 3.96. The molecule has 0 bridgehead atoms. The normalized spacial score (nSPS) is 12.5. The molecule has 2 aromatic carbocycles. The molecule has 1 heterocycles. The first-order valence-electron chi connectivity index (χ1n) is 6.46. The van der Waals surface area contributed by atoms with Crippen LogP contribution in [0.4, 0.5) is 4.39 Å². The van der Waals surface area contributed by atoms with E-state index in [-0.39, 0.29) is 5.82 Å². The van der Waals surface area contributed by atoms with Crippen LogP contribution in [0.5, 0.6) is 0 Å². The van der Waals surface area contributed by atoms with Crippen molar-refractivity contribution in [2.45, 2.75) is 6.04 Å². The molecule has 0 aliphatic heterocycles. The fraction of sp³-hybridized carbons (Fsp3) is 0.0625. The van der Waals surface area contributed by atoms with Gasteiger partial charge in [-0.25, -0.2) is 9.82 Å². The van der Waals surface area contributed by atoms with Crippen LogP contribution in [0.2, 0.25) is 0 Å². The Labute approximate surface area is 130 Å². The lowest BCUT2D eigenvalue weighted by atomic mass is 10.0. The Morgan fingerprint density at radius 2 is 1.86 bits per heavy atom. The second kappa shape index (κ2) is 5.89. The summed E-state index contributed by atoms with van der Waals surface area (Å²) in [5.41, 5.74) is 4.62. The summed E-state index contributed by atoms with van der Waals surface area (Å²) in [7, 11) is 0. The summed E-state index contributed by atoms with van der Waals surface area (Å²) in [6, 6.07) is 16.2. The number of rotatable bonds is 3. The second-order valence-corrected chi connectivity index (χ2v) is 5.53. The van der Waals surface area contributed by atoms with Crippen molar-refractivity contribution in [3.05, 3.63) is 76.1 Å². The van der Waals surface area contributed by atoms with Crippen molar-refractivity contribution in [1.82, 2.24) is 10.4 Å². The third kappa shape index (κ3) is 2.68. The Hall–Kier alpha value is -1.82. The lowest BCUT2D eigenvalue weighted by molar-refractivity contribution is 0.550. The Morgan fingerprint density at radius 3 is 2.67 bits per heavy atom. The Balaban J connectivity index is 2.11. The van der Waals surface area contributed by atoms with Crippen molar-refractivity contribution in [1.29, 1.82) is 0 Å². The summed E-state index contributed by atoms with van der Waals surface area (Å²) in [5.74, 6) is 5.29. The standard InChI is InChI=1S/C16H13BrFN3/c17-12-6-3-5-11(15(12)18)16(21-19)14-9-8-10-4-1-2-7-13(10)20-14/h1-9,16,21H,19H2. The van der Waals surface area contributed by atoms with Crippen LogP contribution in [0, 0.1) is 5.82 Å². The van der Waals surface area contributed by atoms with Gasteiger partial charge >= 0.3 is 0 Å². The van der Waals surface area contributed by atoms with E-state index in [0.29, 0.717) is 15.7 Å². The molecule has 106 valence electrons. The number of nitrogens with zero attached hydrogens (tertiary/aromatic N) is 1. The van der Waals surface area contributed by atoms with Gasteiger partial charge in [0.15, 0.2) is 0 Å². The zero-order valence-electron chi connectivity index (χ0n) is 11.1. The predicted molar refractivity (Wildman–Crippen MR) is 85.0 cm³/mol. The molecule has 0 amide bonds. The number of nitrogens with two attached hydrogens (primary N) is 1. The van der Waals surface area contributed by atoms with Gasteiger partial charge in [0.25, 0.3) is 0 Å². The molecule has 3 aromatic rings. The molecule has 0 saturated carbocycles. The molecule has 1 atom stereocenters. The number of benzene rings is 2. The number of fused-ring (bicyclic) bond motifs is 1. The van der Waals surface area contributed by atoms with E-state index in [1.807, 2.05) is 36.4 Å². The highest BCUT2D eigenvalue weighted by molar-refractivity contribution is 9.10. The SMILES string of the molecule is NNC(c1ccc2ccccc2n1)c1cccc(Br)c1F. The van der Waals surface area contributed by atoms with Gasteiger partial charge in [-0.15, -0.1) is 0 Å². The number of halogens is 2. The third-order valence-electron chi connectivity index (χ3n) is 3.37. The minimum atomic E-state index is -0.507. The largest absolute Gasteiger partial charge is 0.271 e. The highest BCUT2D eigenvalue weighted by atomic mass is 79.9. The van der Waals surface area contributed by atoms with Crippen molar-refractivity contribution in [2.24, 2.45) is 5.84 Å². The molecule has 3 N–H and O–H groups in total. The fourth-order valence-corrected chi connectivity index (χ4v) is 2.70. The van der Waals surface area contributed by atoms with Gasteiger partial charge in [0, 0.05) is 10.9 Å². The second-order valence-electron chi connectivity index (χ2n) is 4.67. The van der Waals surface area contributed by atoms with Crippen LogP contribution in [-0.2, 0) is 0 Å². The molecular formula is C16H13BrFN3. The molecule has 5 heteroatoms. The number of nitrogens with one attached hydrogen (secondary N) is 1. The first-order valence-corrected chi connectivity index (χ1v) is 7.25. The van der Waals surface area contributed by atoms with Gasteiger partial charge in [0.1, 0.15) is 5.82 Å². The van der Waals surface area contributed by atoms with Crippen LogP contribution >= 0.6 is 15.9 Å². The van der Waals surface area contributed by atoms with Gasteiger partial charge in [-0.2, -0.15) is 0 Å². The first kappa shape index (κ1) is 14.1. The molecule has 0 saturated heterocycles. The maximum absolute atomic E-state index is 14.3. The van der Waals surface area contributed by atoms with Crippen molar-refractivity contribution < 1.29 is 4.39 Å². The van der Waals surface area contributed by atoms with E-state index in [4.69, 9.17) is 5.84 Å². The molecule has 0 aliphatic rings. The minimum Gasteiger partial charge on any atom is -0.271 e. The summed E-state index contributed by atoms with van der Waals surface area (Å²) in [5, 5.41) is 1.03. The van der Waals surface area contributed by atoms with Crippen LogP contribution < -0.4 is 11.3 Å². The number of hydrogen-bond donors (Lipinski definition) is 2. The maximum atomic E-state index is 14.3. The topological polar surface area (TPSA) is 50.9 Å². The average molecular weight is 346 g/mol. The first-order chi connectivity index (χ1) is 10.2. The molecule has 0 spiro atoms. The van der Waals surface area contributed by atoms with Crippen LogP contribution in [0.25, 0.3) is 10.9 Å². The molecule has 21 heavy (non-hydrogen) atoms. The fourth-order valence-electron chi connectivity index (χ4n) is 2.32. The van der Waals surface area contributed by atoms with E-state index in [0.717, 1.165) is 10.9 Å². The van der Waals surface area contributed by atoms with Gasteiger partial charge in [-0.05, 0) is 34.1 Å². The van der Waals surface area contributed by atoms with Gasteiger partial charge < -0.3 is 0 Å². The molecule has 1 unspecified atom stereocenters. The number of para-hydroxylation sites is 1. The zero-order chi connectivity index (χ0) is 14.8. The Bertz CT molecular complexity index is 791. The van der Waals surface area contributed by atoms with Gasteiger partial charge in [0.05, 0.1) is 21.7 Å². The smallest absolute Gasteiger partial charge is 0.142 e. The molecule has 0 aliphatic carbocycles. The molecule has 3 rings (SSSR count). The van der Waals surface area contributed by atoms with E-state index in [2.05, 4.69) is 26.3 Å². The average Bonchev–Trinajstić information content (AvgIpc) is 2.52. The quantitative estimate of drug-likeness (QED) is 0.562. The number of aromatic nitrogens is 1. The number of hydrogen-bond acceptors (Lipinski definition) is 3. The van der Waals surface area contributed by atoms with E-state index >= 15 is 0 Å². The molecule has 3 nitrogen and oxygen atoms in total. The summed E-state index contributed by atoms with van der Waals surface area (Å²) in [6.07, 6.45) is 0. The Morgan fingerprint density at radius 1 is 1.05 bits per heavy atom. The molecule has 0 radical (unpaired) electrons. The van der Waals surface area contributed by atoms with Crippen molar-refractivity contribution in [3.8, 4) is 0 Å². The van der Waals surface area contributed by atoms with Gasteiger partial charge in [-0.3, -0.25) is 10.8 Å². The maximum Gasteiger partial charge on any atom is 0.142 e. The predicted octanol–water partition coefficient (Wildman–Crippen LogP) is 3.69. The van der Waals surface area contributed by atoms with Gasteiger partial charge in [0.2, 0.25) is 0 Å². The van der Waals surface area contributed by atoms with Crippen molar-refractivity contribution in [3.63, 3.8) is 0 Å². The zero-order valence-corrected chi connectivity index (χ0v) is 12.6. The number of pyridine rings is 1. The van der Waals surface area contributed by atoms with E-state index < -0.39 is 6.04 Å². The van der Waals surface area contributed by atoms with Crippen molar-refractivity contribution in [2.75, 3.05) is 0 Å². The highest BCUT2D eigenvalue weighted by Crippen LogP contribution is 2.28. The summed E-state index contributed by atoms with van der Waals surface area (Å²) >= 11 is 3.19. The third-order valence-corrected chi connectivity index (χ3v) is 3.99. The molecule has 1 aromatic heterocycles. The van der Waals surface area contributed by atoms with E-state index in [9.17, 15) is 4.39 Å². The highest BCUT2D eigenvalue weighted by Gasteiger charge is 2.19. The van der Waals surface area contributed by atoms with Gasteiger partial charge in [-0.1, -0.05) is 36.4 Å². The number of hydrazine groups is 1. The van der Waals surface area contributed by atoms with Crippen LogP contribution in [0.15, 0.2) is 59.1 Å². The molecule has 0 fully saturated rings. The lowest BCUT2D eigenvalue weighted by Crippen LogP contribution is -2.30. The van der Waals surface area contributed by atoms with Crippen LogP contribution in [-0.4, -0.2) is 4.98 Å². The van der Waals surface area contributed by atoms with E-state index in [1.54, 1.807) is 18.2 Å². The van der Waals surface area contributed by atoms with Crippen LogP contribution in [0.1, 0.15) is 17.3 Å². The summed E-state index contributed by atoms with van der Waals surface area (Å²) in [4.78, 5) is 4.57. The monoisotopic (exact) mass is 345 g/mol. The molecular weight excluding hydrogens is 333 g/mol. The lowest BCUT2D eigenvalue weighted by Gasteiger charge is -2.17. The summed E-state index contributed by atoms with van der Waals surface area (Å²) in [6.45, 7) is 0. The van der Waals surface area contributed by atoms with Crippen LogP contribution in [0.3, 0.4) is 0 Å².